The van der Waals surface area contributed by atoms with E-state index in [9.17, 15) is 4.79 Å². The molecule has 1 atom stereocenters. The fourth-order valence-corrected chi connectivity index (χ4v) is 3.20. The Morgan fingerprint density at radius 1 is 1.19 bits per heavy atom. The van der Waals surface area contributed by atoms with E-state index in [0.717, 1.165) is 18.4 Å². The number of benzene rings is 1. The summed E-state index contributed by atoms with van der Waals surface area (Å²) in [5.41, 5.74) is 6.71. The van der Waals surface area contributed by atoms with Crippen molar-refractivity contribution >= 4 is 5.97 Å². The fourth-order valence-electron chi connectivity index (χ4n) is 3.20. The van der Waals surface area contributed by atoms with Gasteiger partial charge in [0.25, 0.3) is 0 Å². The Kier molecular flexibility index (Phi) is 6.74. The van der Waals surface area contributed by atoms with E-state index in [1.54, 1.807) is 0 Å². The Hall–Kier alpha value is -1.35. The molecule has 1 aliphatic carbocycles. The van der Waals surface area contributed by atoms with Crippen LogP contribution in [0.2, 0.25) is 0 Å². The SMILES string of the molecule is NCC[C@H](CC1CCCCC1)C(=O)OCc1ccccc1. The Morgan fingerprint density at radius 3 is 2.57 bits per heavy atom. The van der Waals surface area contributed by atoms with Gasteiger partial charge in [0.15, 0.2) is 0 Å². The summed E-state index contributed by atoms with van der Waals surface area (Å²) in [5, 5.41) is 0. The van der Waals surface area contributed by atoms with Crippen LogP contribution in [0.25, 0.3) is 0 Å². The molecule has 116 valence electrons. The van der Waals surface area contributed by atoms with Crippen LogP contribution in [-0.4, -0.2) is 12.5 Å². The maximum absolute atomic E-state index is 12.3. The number of hydrogen-bond donors (Lipinski definition) is 1. The largest absolute Gasteiger partial charge is 0.461 e. The number of rotatable bonds is 7. The van der Waals surface area contributed by atoms with Gasteiger partial charge in [0.05, 0.1) is 5.92 Å². The highest BCUT2D eigenvalue weighted by molar-refractivity contribution is 5.72. The molecular formula is C18H27NO2. The smallest absolute Gasteiger partial charge is 0.309 e. The molecule has 1 aromatic rings. The third-order valence-electron chi connectivity index (χ3n) is 4.41. The first kappa shape index (κ1) is 16.0. The zero-order chi connectivity index (χ0) is 14.9. The predicted molar refractivity (Wildman–Crippen MR) is 84.6 cm³/mol. The van der Waals surface area contributed by atoms with Gasteiger partial charge in [0, 0.05) is 0 Å². The monoisotopic (exact) mass is 289 g/mol. The molecular weight excluding hydrogens is 262 g/mol. The van der Waals surface area contributed by atoms with Crippen LogP contribution >= 0.6 is 0 Å². The molecule has 0 heterocycles. The van der Waals surface area contributed by atoms with Crippen molar-refractivity contribution in [1.29, 1.82) is 0 Å². The highest BCUT2D eigenvalue weighted by atomic mass is 16.5. The van der Waals surface area contributed by atoms with Crippen LogP contribution in [0.15, 0.2) is 30.3 Å². The van der Waals surface area contributed by atoms with Crippen molar-refractivity contribution in [1.82, 2.24) is 0 Å². The lowest BCUT2D eigenvalue weighted by Crippen LogP contribution is -2.24. The average molecular weight is 289 g/mol. The average Bonchev–Trinajstić information content (AvgIpc) is 2.54. The Balaban J connectivity index is 1.82. The molecule has 2 rings (SSSR count). The van der Waals surface area contributed by atoms with Gasteiger partial charge in [-0.2, -0.15) is 0 Å². The molecule has 0 spiro atoms. The molecule has 21 heavy (non-hydrogen) atoms. The number of nitrogens with two attached hydrogens (primary N) is 1. The highest BCUT2D eigenvalue weighted by Gasteiger charge is 2.24. The molecule has 0 saturated heterocycles. The molecule has 0 unspecified atom stereocenters. The normalized spacial score (nSPS) is 17.4. The van der Waals surface area contributed by atoms with Crippen molar-refractivity contribution < 1.29 is 9.53 Å². The van der Waals surface area contributed by atoms with Crippen LogP contribution in [0.1, 0.15) is 50.5 Å². The molecule has 0 amide bonds. The van der Waals surface area contributed by atoms with Gasteiger partial charge in [-0.1, -0.05) is 62.4 Å². The topological polar surface area (TPSA) is 52.3 Å². The van der Waals surface area contributed by atoms with Gasteiger partial charge >= 0.3 is 5.97 Å². The van der Waals surface area contributed by atoms with E-state index in [-0.39, 0.29) is 11.9 Å². The van der Waals surface area contributed by atoms with Crippen LogP contribution in [0.4, 0.5) is 0 Å². The lowest BCUT2D eigenvalue weighted by molar-refractivity contribution is -0.150. The first-order valence-electron chi connectivity index (χ1n) is 8.20. The van der Waals surface area contributed by atoms with E-state index in [1.807, 2.05) is 30.3 Å². The summed E-state index contributed by atoms with van der Waals surface area (Å²) >= 11 is 0. The Labute approximate surface area is 127 Å². The molecule has 0 aromatic heterocycles. The first-order chi connectivity index (χ1) is 10.3. The summed E-state index contributed by atoms with van der Waals surface area (Å²) in [6.07, 6.45) is 8.16. The zero-order valence-corrected chi connectivity index (χ0v) is 12.8. The van der Waals surface area contributed by atoms with Crippen molar-refractivity contribution in [2.45, 2.75) is 51.6 Å². The van der Waals surface area contributed by atoms with E-state index in [0.29, 0.717) is 19.1 Å². The lowest BCUT2D eigenvalue weighted by atomic mass is 9.82. The van der Waals surface area contributed by atoms with Gasteiger partial charge in [-0.3, -0.25) is 4.79 Å². The predicted octanol–water partition coefficient (Wildman–Crippen LogP) is 3.67. The second-order valence-corrected chi connectivity index (χ2v) is 6.11. The molecule has 3 nitrogen and oxygen atoms in total. The molecule has 0 radical (unpaired) electrons. The number of ether oxygens (including phenoxy) is 1. The van der Waals surface area contributed by atoms with Crippen LogP contribution in [0.3, 0.4) is 0 Å². The number of carbonyl (C=O) groups is 1. The molecule has 3 heteroatoms. The van der Waals surface area contributed by atoms with Crippen LogP contribution in [-0.2, 0) is 16.1 Å². The van der Waals surface area contributed by atoms with E-state index < -0.39 is 0 Å². The summed E-state index contributed by atoms with van der Waals surface area (Å²) < 4.78 is 5.49. The second kappa shape index (κ2) is 8.83. The number of esters is 1. The summed E-state index contributed by atoms with van der Waals surface area (Å²) in [7, 11) is 0. The minimum atomic E-state index is -0.0742. The van der Waals surface area contributed by atoms with Gasteiger partial charge in [-0.15, -0.1) is 0 Å². The van der Waals surface area contributed by atoms with Crippen molar-refractivity contribution in [3.05, 3.63) is 35.9 Å². The van der Waals surface area contributed by atoms with E-state index >= 15 is 0 Å². The highest BCUT2D eigenvalue weighted by Crippen LogP contribution is 2.30. The maximum Gasteiger partial charge on any atom is 0.309 e. The molecule has 1 aromatic carbocycles. The van der Waals surface area contributed by atoms with Gasteiger partial charge in [0.2, 0.25) is 0 Å². The summed E-state index contributed by atoms with van der Waals surface area (Å²) in [5.74, 6) is 0.580. The van der Waals surface area contributed by atoms with E-state index in [1.165, 1.54) is 32.1 Å². The summed E-state index contributed by atoms with van der Waals surface area (Å²) in [6.45, 7) is 0.920. The van der Waals surface area contributed by atoms with Gasteiger partial charge in [0.1, 0.15) is 6.61 Å². The standard InChI is InChI=1S/C18H27NO2/c19-12-11-17(13-15-7-3-1-4-8-15)18(20)21-14-16-9-5-2-6-10-16/h2,5-6,9-10,15,17H,1,3-4,7-8,11-14,19H2/t17-/m1/s1. The molecule has 0 aliphatic heterocycles. The third kappa shape index (κ3) is 5.50. The van der Waals surface area contributed by atoms with Crippen LogP contribution in [0.5, 0.6) is 0 Å². The quantitative estimate of drug-likeness (QED) is 0.779. The fraction of sp³-hybridized carbons (Fsp3) is 0.611. The van der Waals surface area contributed by atoms with Gasteiger partial charge < -0.3 is 10.5 Å². The van der Waals surface area contributed by atoms with Crippen molar-refractivity contribution in [2.75, 3.05) is 6.54 Å². The van der Waals surface area contributed by atoms with Crippen LogP contribution in [0, 0.1) is 11.8 Å². The van der Waals surface area contributed by atoms with Crippen molar-refractivity contribution in [3.8, 4) is 0 Å². The zero-order valence-electron chi connectivity index (χ0n) is 12.8. The lowest BCUT2D eigenvalue weighted by Gasteiger charge is -2.25. The minimum absolute atomic E-state index is 0.0261. The molecule has 1 aliphatic rings. The van der Waals surface area contributed by atoms with E-state index in [4.69, 9.17) is 10.5 Å². The summed E-state index contributed by atoms with van der Waals surface area (Å²) in [4.78, 5) is 12.3. The van der Waals surface area contributed by atoms with Gasteiger partial charge in [-0.05, 0) is 30.9 Å². The first-order valence-corrected chi connectivity index (χ1v) is 8.20. The molecule has 1 fully saturated rings. The van der Waals surface area contributed by atoms with Crippen molar-refractivity contribution in [3.63, 3.8) is 0 Å². The number of hydrogen-bond acceptors (Lipinski definition) is 3. The minimum Gasteiger partial charge on any atom is -0.461 e. The van der Waals surface area contributed by atoms with Crippen molar-refractivity contribution in [2.24, 2.45) is 17.6 Å². The third-order valence-corrected chi connectivity index (χ3v) is 4.41. The second-order valence-electron chi connectivity index (χ2n) is 6.11. The van der Waals surface area contributed by atoms with Crippen LogP contribution < -0.4 is 5.73 Å². The summed E-state index contributed by atoms with van der Waals surface area (Å²) in [6, 6.07) is 9.84. The Morgan fingerprint density at radius 2 is 1.90 bits per heavy atom. The maximum atomic E-state index is 12.3. The van der Waals surface area contributed by atoms with Gasteiger partial charge in [-0.25, -0.2) is 0 Å². The number of carbonyl (C=O) groups excluding carboxylic acids is 1. The molecule has 0 bridgehead atoms. The molecule has 1 saturated carbocycles. The molecule has 2 N–H and O–H groups in total. The Bertz CT molecular complexity index is 412. The van der Waals surface area contributed by atoms with E-state index in [2.05, 4.69) is 0 Å².